The van der Waals surface area contributed by atoms with Gasteiger partial charge in [0.25, 0.3) is 0 Å². The SMILES string of the molecule is N#Cc1cc(Cl)ncc1OC(F)F. The minimum absolute atomic E-state index is 0.0539. The second kappa shape index (κ2) is 4.01. The smallest absolute Gasteiger partial charge is 0.387 e. The fourth-order valence-corrected chi connectivity index (χ4v) is 0.853. The van der Waals surface area contributed by atoms with Gasteiger partial charge < -0.3 is 4.74 Å². The number of nitrogens with zero attached hydrogens (tertiary/aromatic N) is 2. The largest absolute Gasteiger partial charge is 0.432 e. The molecule has 0 saturated carbocycles. The Morgan fingerprint density at radius 2 is 2.31 bits per heavy atom. The van der Waals surface area contributed by atoms with Gasteiger partial charge in [0.15, 0.2) is 5.75 Å². The zero-order valence-electron chi connectivity index (χ0n) is 6.17. The van der Waals surface area contributed by atoms with Crippen molar-refractivity contribution in [3.63, 3.8) is 0 Å². The standard InChI is InChI=1S/C7H3ClF2N2O/c8-6-1-4(2-11)5(3-12-6)13-7(9)10/h1,3,7H. The van der Waals surface area contributed by atoms with Crippen molar-refractivity contribution < 1.29 is 13.5 Å². The van der Waals surface area contributed by atoms with Crippen LogP contribution in [0.15, 0.2) is 12.3 Å². The van der Waals surface area contributed by atoms with Crippen molar-refractivity contribution in [3.8, 4) is 11.8 Å². The molecular formula is C7H3ClF2N2O. The van der Waals surface area contributed by atoms with E-state index in [-0.39, 0.29) is 16.5 Å². The predicted octanol–water partition coefficient (Wildman–Crippen LogP) is 2.21. The van der Waals surface area contributed by atoms with E-state index in [2.05, 4.69) is 9.72 Å². The van der Waals surface area contributed by atoms with Crippen LogP contribution in [0.4, 0.5) is 8.78 Å². The summed E-state index contributed by atoms with van der Waals surface area (Å²) in [5, 5.41) is 8.55. The third kappa shape index (κ3) is 2.53. The molecule has 0 N–H and O–H groups in total. The Morgan fingerprint density at radius 1 is 1.62 bits per heavy atom. The maximum Gasteiger partial charge on any atom is 0.387 e. The first-order valence-corrected chi connectivity index (χ1v) is 3.51. The molecule has 13 heavy (non-hydrogen) atoms. The van der Waals surface area contributed by atoms with Gasteiger partial charge in [0, 0.05) is 0 Å². The highest BCUT2D eigenvalue weighted by Gasteiger charge is 2.10. The molecule has 1 heterocycles. The van der Waals surface area contributed by atoms with E-state index in [1.807, 2.05) is 0 Å². The Bertz CT molecular complexity index is 351. The Balaban J connectivity index is 3.01. The summed E-state index contributed by atoms with van der Waals surface area (Å²) in [4.78, 5) is 3.50. The number of hydrogen-bond acceptors (Lipinski definition) is 3. The number of halogens is 3. The van der Waals surface area contributed by atoms with Gasteiger partial charge in [-0.2, -0.15) is 14.0 Å². The minimum Gasteiger partial charge on any atom is -0.432 e. The van der Waals surface area contributed by atoms with E-state index in [1.54, 1.807) is 6.07 Å². The molecule has 0 amide bonds. The summed E-state index contributed by atoms with van der Waals surface area (Å²) < 4.78 is 27.5. The van der Waals surface area contributed by atoms with Gasteiger partial charge in [-0.25, -0.2) is 4.98 Å². The van der Waals surface area contributed by atoms with Crippen LogP contribution in [0.2, 0.25) is 5.15 Å². The summed E-state index contributed by atoms with van der Waals surface area (Å²) in [5.74, 6) is -0.276. The predicted molar refractivity (Wildman–Crippen MR) is 40.6 cm³/mol. The number of pyridine rings is 1. The second-order valence-corrected chi connectivity index (χ2v) is 2.38. The van der Waals surface area contributed by atoms with Crippen molar-refractivity contribution in [2.24, 2.45) is 0 Å². The Labute approximate surface area is 77.5 Å². The Hall–Kier alpha value is -1.41. The molecule has 0 spiro atoms. The van der Waals surface area contributed by atoms with E-state index >= 15 is 0 Å². The molecule has 0 unspecified atom stereocenters. The molecule has 0 fully saturated rings. The summed E-state index contributed by atoms with van der Waals surface area (Å²) in [7, 11) is 0. The van der Waals surface area contributed by atoms with Gasteiger partial charge in [-0.3, -0.25) is 0 Å². The Morgan fingerprint density at radius 3 is 2.85 bits per heavy atom. The lowest BCUT2D eigenvalue weighted by molar-refractivity contribution is -0.0502. The summed E-state index contributed by atoms with van der Waals surface area (Å²) >= 11 is 5.43. The zero-order chi connectivity index (χ0) is 9.84. The molecule has 0 aliphatic heterocycles. The maximum absolute atomic E-state index is 11.7. The number of alkyl halides is 2. The van der Waals surface area contributed by atoms with Crippen LogP contribution in [0.5, 0.6) is 5.75 Å². The highest BCUT2D eigenvalue weighted by molar-refractivity contribution is 6.29. The first-order chi connectivity index (χ1) is 6.13. The van der Waals surface area contributed by atoms with E-state index in [9.17, 15) is 8.78 Å². The van der Waals surface area contributed by atoms with E-state index in [0.717, 1.165) is 12.3 Å². The average Bonchev–Trinajstić information content (AvgIpc) is 2.07. The normalized spacial score (nSPS) is 9.77. The van der Waals surface area contributed by atoms with Gasteiger partial charge in [-0.1, -0.05) is 11.6 Å². The number of rotatable bonds is 2. The molecule has 0 saturated heterocycles. The van der Waals surface area contributed by atoms with Crippen LogP contribution in [0.3, 0.4) is 0 Å². The third-order valence-electron chi connectivity index (χ3n) is 1.17. The lowest BCUT2D eigenvalue weighted by Gasteiger charge is -2.04. The van der Waals surface area contributed by atoms with Crippen LogP contribution in [0, 0.1) is 11.3 Å². The molecule has 1 aromatic rings. The van der Waals surface area contributed by atoms with Gasteiger partial charge in [-0.15, -0.1) is 0 Å². The van der Waals surface area contributed by atoms with Gasteiger partial charge in [-0.05, 0) is 6.07 Å². The molecule has 0 bridgehead atoms. The summed E-state index contributed by atoms with van der Waals surface area (Å²) in [6, 6.07) is 2.81. The van der Waals surface area contributed by atoms with E-state index in [1.165, 1.54) is 0 Å². The topological polar surface area (TPSA) is 45.9 Å². The molecule has 0 aliphatic rings. The number of aromatic nitrogens is 1. The quantitative estimate of drug-likeness (QED) is 0.694. The fraction of sp³-hybridized carbons (Fsp3) is 0.143. The van der Waals surface area contributed by atoms with E-state index in [4.69, 9.17) is 16.9 Å². The van der Waals surface area contributed by atoms with E-state index < -0.39 is 6.61 Å². The van der Waals surface area contributed by atoms with Gasteiger partial charge in [0.05, 0.1) is 11.8 Å². The van der Waals surface area contributed by atoms with Crippen LogP contribution in [0.25, 0.3) is 0 Å². The van der Waals surface area contributed by atoms with Crippen molar-refractivity contribution in [1.29, 1.82) is 5.26 Å². The molecule has 68 valence electrons. The molecule has 0 atom stereocenters. The monoisotopic (exact) mass is 204 g/mol. The molecule has 6 heteroatoms. The lowest BCUT2D eigenvalue weighted by Crippen LogP contribution is -2.03. The molecule has 0 radical (unpaired) electrons. The highest BCUT2D eigenvalue weighted by atomic mass is 35.5. The summed E-state index contributed by atoms with van der Waals surface area (Å²) in [5.41, 5.74) is -0.0692. The zero-order valence-corrected chi connectivity index (χ0v) is 6.92. The second-order valence-electron chi connectivity index (χ2n) is 1.99. The van der Waals surface area contributed by atoms with Crippen LogP contribution in [-0.4, -0.2) is 11.6 Å². The molecule has 3 nitrogen and oxygen atoms in total. The molecule has 1 aromatic heterocycles. The van der Waals surface area contributed by atoms with Gasteiger partial charge >= 0.3 is 6.61 Å². The summed E-state index contributed by atoms with van der Waals surface area (Å²) in [6.45, 7) is -2.98. The highest BCUT2D eigenvalue weighted by Crippen LogP contribution is 2.20. The van der Waals surface area contributed by atoms with Crippen LogP contribution in [0.1, 0.15) is 5.56 Å². The van der Waals surface area contributed by atoms with Crippen molar-refractivity contribution in [1.82, 2.24) is 4.98 Å². The number of nitriles is 1. The van der Waals surface area contributed by atoms with Crippen LogP contribution < -0.4 is 4.74 Å². The summed E-state index contributed by atoms with van der Waals surface area (Å²) in [6.07, 6.45) is 0.979. The number of ether oxygens (including phenoxy) is 1. The van der Waals surface area contributed by atoms with Gasteiger partial charge in [0.1, 0.15) is 11.2 Å². The fourth-order valence-electron chi connectivity index (χ4n) is 0.695. The van der Waals surface area contributed by atoms with Gasteiger partial charge in [0.2, 0.25) is 0 Å². The van der Waals surface area contributed by atoms with Crippen molar-refractivity contribution >= 4 is 11.6 Å². The van der Waals surface area contributed by atoms with Crippen molar-refractivity contribution in [2.75, 3.05) is 0 Å². The first kappa shape index (κ1) is 9.68. The van der Waals surface area contributed by atoms with Crippen LogP contribution in [-0.2, 0) is 0 Å². The molecular weight excluding hydrogens is 202 g/mol. The molecule has 1 rings (SSSR count). The average molecular weight is 205 g/mol. The van der Waals surface area contributed by atoms with Crippen molar-refractivity contribution in [2.45, 2.75) is 6.61 Å². The number of hydrogen-bond donors (Lipinski definition) is 0. The maximum atomic E-state index is 11.7. The Kier molecular flexibility index (Phi) is 2.98. The van der Waals surface area contributed by atoms with Crippen LogP contribution >= 0.6 is 11.6 Å². The first-order valence-electron chi connectivity index (χ1n) is 3.14. The molecule has 0 aliphatic carbocycles. The van der Waals surface area contributed by atoms with Crippen molar-refractivity contribution in [3.05, 3.63) is 23.0 Å². The molecule has 0 aromatic carbocycles. The third-order valence-corrected chi connectivity index (χ3v) is 1.38. The lowest BCUT2D eigenvalue weighted by atomic mass is 10.3. The van der Waals surface area contributed by atoms with E-state index in [0.29, 0.717) is 0 Å². The minimum atomic E-state index is -2.98.